The third kappa shape index (κ3) is 3.30. The number of fused-ring (bicyclic) bond motifs is 1. The van der Waals surface area contributed by atoms with E-state index in [1.165, 1.54) is 0 Å². The Bertz CT molecular complexity index is 726. The molecule has 1 aliphatic heterocycles. The lowest BCUT2D eigenvalue weighted by atomic mass is 9.59. The minimum atomic E-state index is -1.50. The summed E-state index contributed by atoms with van der Waals surface area (Å²) < 4.78 is 28.2. The van der Waals surface area contributed by atoms with E-state index in [9.17, 15) is 10.2 Å². The zero-order chi connectivity index (χ0) is 21.4. The van der Waals surface area contributed by atoms with Crippen LogP contribution in [0.2, 0.25) is 0 Å². The van der Waals surface area contributed by atoms with Gasteiger partial charge in [0, 0.05) is 18.9 Å². The number of aliphatic hydroxyl groups is 2. The molecule has 3 rings (SSSR count). The molecule has 0 bridgehead atoms. The van der Waals surface area contributed by atoms with Crippen LogP contribution in [-0.2, 0) is 9.47 Å². The minimum Gasteiger partial charge on any atom is -0.493 e. The molecule has 1 saturated carbocycles. The summed E-state index contributed by atoms with van der Waals surface area (Å²) in [5.74, 6) is -0.0473. The van der Waals surface area contributed by atoms with Crippen molar-refractivity contribution >= 4 is 0 Å². The Balaban J connectivity index is 2.08. The van der Waals surface area contributed by atoms with Crippen LogP contribution in [0.1, 0.15) is 37.9 Å². The first-order valence-electron chi connectivity index (χ1n) is 9.82. The number of methoxy groups -OCH3 is 4. The third-order valence-corrected chi connectivity index (χ3v) is 6.73. The second kappa shape index (κ2) is 8.14. The Kier molecular flexibility index (Phi) is 6.15. The van der Waals surface area contributed by atoms with Gasteiger partial charge in [-0.05, 0) is 36.5 Å². The standard InChI is InChI=1S/C22H32O7/c1-7-8-21-12-18(27-5)15(23)11-22(21,24)29-19(13(21)2)14-9-16(25-3)20(28-6)17(10-14)26-4/h7,9-10,13,15,18-19,23-24H,1,8,11-12H2,2-6H3. The molecule has 1 saturated heterocycles. The first kappa shape index (κ1) is 21.9. The van der Waals surface area contributed by atoms with E-state index < -0.39 is 23.4 Å². The molecule has 1 aromatic rings. The van der Waals surface area contributed by atoms with Gasteiger partial charge >= 0.3 is 0 Å². The Morgan fingerprint density at radius 2 is 1.76 bits per heavy atom. The molecule has 6 unspecified atom stereocenters. The van der Waals surface area contributed by atoms with Gasteiger partial charge in [-0.3, -0.25) is 0 Å². The van der Waals surface area contributed by atoms with Gasteiger partial charge in [0.15, 0.2) is 17.3 Å². The monoisotopic (exact) mass is 408 g/mol. The number of hydrogen-bond acceptors (Lipinski definition) is 7. The maximum Gasteiger partial charge on any atom is 0.203 e. The molecule has 1 heterocycles. The molecular weight excluding hydrogens is 376 g/mol. The number of rotatable bonds is 7. The van der Waals surface area contributed by atoms with Crippen LogP contribution in [0, 0.1) is 11.3 Å². The van der Waals surface area contributed by atoms with Gasteiger partial charge < -0.3 is 33.9 Å². The summed E-state index contributed by atoms with van der Waals surface area (Å²) in [5, 5.41) is 22.1. The van der Waals surface area contributed by atoms with Crippen LogP contribution in [0.3, 0.4) is 0 Å². The van der Waals surface area contributed by atoms with Crippen molar-refractivity contribution in [1.29, 1.82) is 0 Å². The molecule has 1 aromatic carbocycles. The highest BCUT2D eigenvalue weighted by Gasteiger charge is 2.66. The SMILES string of the molecule is C=CCC12CC(OC)C(O)CC1(O)OC(c1cc(OC)c(OC)c(OC)c1)C2C. The molecule has 0 amide bonds. The zero-order valence-electron chi connectivity index (χ0n) is 17.8. The van der Waals surface area contributed by atoms with Crippen LogP contribution in [-0.4, -0.2) is 56.6 Å². The number of allylic oxidation sites excluding steroid dienone is 1. The highest BCUT2D eigenvalue weighted by Crippen LogP contribution is 2.63. The van der Waals surface area contributed by atoms with Crippen LogP contribution >= 0.6 is 0 Å². The van der Waals surface area contributed by atoms with Crippen LogP contribution in [0.5, 0.6) is 17.2 Å². The molecule has 162 valence electrons. The van der Waals surface area contributed by atoms with Crippen LogP contribution < -0.4 is 14.2 Å². The van der Waals surface area contributed by atoms with Crippen molar-refractivity contribution in [3.05, 3.63) is 30.4 Å². The fourth-order valence-corrected chi connectivity index (χ4v) is 5.13. The van der Waals surface area contributed by atoms with Gasteiger partial charge in [0.2, 0.25) is 5.75 Å². The summed E-state index contributed by atoms with van der Waals surface area (Å²) in [5.41, 5.74) is 0.168. The van der Waals surface area contributed by atoms with Crippen molar-refractivity contribution in [2.24, 2.45) is 11.3 Å². The number of ether oxygens (including phenoxy) is 5. The summed E-state index contributed by atoms with van der Waals surface area (Å²) in [4.78, 5) is 0. The summed E-state index contributed by atoms with van der Waals surface area (Å²) in [6, 6.07) is 3.68. The molecule has 2 aliphatic rings. The molecule has 0 radical (unpaired) electrons. The maximum atomic E-state index is 11.6. The Morgan fingerprint density at radius 1 is 1.14 bits per heavy atom. The molecule has 0 aromatic heterocycles. The quantitative estimate of drug-likeness (QED) is 0.671. The lowest BCUT2D eigenvalue weighted by Crippen LogP contribution is -2.58. The van der Waals surface area contributed by atoms with Gasteiger partial charge in [-0.1, -0.05) is 13.0 Å². The van der Waals surface area contributed by atoms with E-state index in [-0.39, 0.29) is 18.4 Å². The van der Waals surface area contributed by atoms with Gasteiger partial charge in [-0.15, -0.1) is 6.58 Å². The van der Waals surface area contributed by atoms with E-state index in [0.29, 0.717) is 30.1 Å². The van der Waals surface area contributed by atoms with Gasteiger partial charge in [-0.25, -0.2) is 0 Å². The van der Waals surface area contributed by atoms with Gasteiger partial charge in [-0.2, -0.15) is 0 Å². The molecule has 0 spiro atoms. The second-order valence-electron chi connectivity index (χ2n) is 7.97. The van der Waals surface area contributed by atoms with E-state index in [0.717, 1.165) is 5.56 Å². The van der Waals surface area contributed by atoms with Crippen LogP contribution in [0.15, 0.2) is 24.8 Å². The summed E-state index contributed by atoms with van der Waals surface area (Å²) >= 11 is 0. The fourth-order valence-electron chi connectivity index (χ4n) is 5.13. The normalized spacial score (nSPS) is 36.4. The first-order chi connectivity index (χ1) is 13.8. The van der Waals surface area contributed by atoms with Gasteiger partial charge in [0.05, 0.1) is 39.6 Å². The van der Waals surface area contributed by atoms with E-state index in [1.54, 1.807) is 34.5 Å². The summed E-state index contributed by atoms with van der Waals surface area (Å²) in [6.45, 7) is 5.95. The van der Waals surface area contributed by atoms with Gasteiger partial charge in [0.1, 0.15) is 0 Å². The predicted molar refractivity (Wildman–Crippen MR) is 107 cm³/mol. The maximum absolute atomic E-state index is 11.6. The number of hydrogen-bond donors (Lipinski definition) is 2. The first-order valence-corrected chi connectivity index (χ1v) is 9.82. The molecule has 29 heavy (non-hydrogen) atoms. The zero-order valence-corrected chi connectivity index (χ0v) is 17.8. The molecule has 7 nitrogen and oxygen atoms in total. The molecular formula is C22H32O7. The second-order valence-corrected chi connectivity index (χ2v) is 7.97. The summed E-state index contributed by atoms with van der Waals surface area (Å²) in [6.07, 6.45) is 1.26. The minimum absolute atomic E-state index is 0.0740. The Morgan fingerprint density at radius 3 is 2.24 bits per heavy atom. The molecule has 7 heteroatoms. The van der Waals surface area contributed by atoms with E-state index in [4.69, 9.17) is 23.7 Å². The Hall–Kier alpha value is -1.80. The van der Waals surface area contributed by atoms with Crippen molar-refractivity contribution in [2.75, 3.05) is 28.4 Å². The Labute approximate surface area is 172 Å². The molecule has 2 N–H and O–H groups in total. The lowest BCUT2D eigenvalue weighted by Gasteiger charge is -2.50. The average Bonchev–Trinajstić information content (AvgIpc) is 2.93. The van der Waals surface area contributed by atoms with E-state index >= 15 is 0 Å². The summed E-state index contributed by atoms with van der Waals surface area (Å²) in [7, 11) is 6.26. The van der Waals surface area contributed by atoms with Crippen molar-refractivity contribution in [3.8, 4) is 17.2 Å². The average molecular weight is 408 g/mol. The molecule has 2 fully saturated rings. The van der Waals surface area contributed by atoms with Crippen molar-refractivity contribution < 1.29 is 33.9 Å². The fraction of sp³-hybridized carbons (Fsp3) is 0.636. The van der Waals surface area contributed by atoms with E-state index in [1.807, 2.05) is 12.1 Å². The molecule has 1 aliphatic carbocycles. The lowest BCUT2D eigenvalue weighted by molar-refractivity contribution is -0.287. The predicted octanol–water partition coefficient (Wildman–Crippen LogP) is 2.84. The van der Waals surface area contributed by atoms with Gasteiger partial charge in [0.25, 0.3) is 0 Å². The van der Waals surface area contributed by atoms with E-state index in [2.05, 4.69) is 13.5 Å². The van der Waals surface area contributed by atoms with Crippen LogP contribution in [0.4, 0.5) is 0 Å². The third-order valence-electron chi connectivity index (χ3n) is 6.73. The molecule has 6 atom stereocenters. The van der Waals surface area contributed by atoms with Crippen molar-refractivity contribution in [2.45, 2.75) is 50.3 Å². The highest BCUT2D eigenvalue weighted by molar-refractivity contribution is 5.54. The number of benzene rings is 1. The van der Waals surface area contributed by atoms with Crippen molar-refractivity contribution in [3.63, 3.8) is 0 Å². The topological polar surface area (TPSA) is 86.6 Å². The highest BCUT2D eigenvalue weighted by atomic mass is 16.6. The number of aliphatic hydroxyl groups excluding tert-OH is 1. The van der Waals surface area contributed by atoms with Crippen molar-refractivity contribution in [1.82, 2.24) is 0 Å². The largest absolute Gasteiger partial charge is 0.493 e. The smallest absolute Gasteiger partial charge is 0.203 e. The van der Waals surface area contributed by atoms with Crippen LogP contribution in [0.25, 0.3) is 0 Å².